The van der Waals surface area contributed by atoms with E-state index in [4.69, 9.17) is 0 Å². The molecule has 0 heterocycles. The summed E-state index contributed by atoms with van der Waals surface area (Å²) in [5, 5.41) is 0. The molecular weight excluding hydrogens is 358 g/mol. The van der Waals surface area contributed by atoms with Crippen LogP contribution >= 0.6 is 0 Å². The Balaban J connectivity index is 1.90. The summed E-state index contributed by atoms with van der Waals surface area (Å²) in [6, 6.07) is 30.3. The van der Waals surface area contributed by atoms with Crippen molar-refractivity contribution in [2.75, 3.05) is 0 Å². The van der Waals surface area contributed by atoms with Crippen molar-refractivity contribution >= 4 is 12.1 Å². The molecule has 0 radical (unpaired) electrons. The minimum atomic E-state index is -0.280. The summed E-state index contributed by atoms with van der Waals surface area (Å²) >= 11 is 0. The number of aldehydes is 1. The van der Waals surface area contributed by atoms with Crippen molar-refractivity contribution in [2.45, 2.75) is 38.4 Å². The molecule has 0 N–H and O–H groups in total. The highest BCUT2D eigenvalue weighted by atomic mass is 16.1. The van der Waals surface area contributed by atoms with Crippen LogP contribution in [0.3, 0.4) is 0 Å². The van der Waals surface area contributed by atoms with Gasteiger partial charge in [-0.15, -0.1) is 0 Å². The van der Waals surface area contributed by atoms with Crippen molar-refractivity contribution in [3.8, 4) is 0 Å². The monoisotopic (exact) mass is 385 g/mol. The van der Waals surface area contributed by atoms with E-state index in [-0.39, 0.29) is 24.7 Å². The number of hydrogen-bond acceptors (Lipinski definition) is 3. The van der Waals surface area contributed by atoms with Crippen LogP contribution in [0.25, 0.3) is 0 Å². The molecule has 0 saturated heterocycles. The lowest BCUT2D eigenvalue weighted by molar-refractivity contribution is -0.126. The standard InChI is InChI=1S/C26H27NO2/c28-18-10-17-26(29)25(19-22-11-4-1-5-12-22)27(20-23-13-6-2-7-14-23)21-24-15-8-3-9-16-24/h1-9,11-16,18,25H,10,17,19-21H2/t25-/m0/s1. The van der Waals surface area contributed by atoms with Crippen molar-refractivity contribution in [3.05, 3.63) is 108 Å². The second kappa shape index (κ2) is 11.1. The Labute approximate surface area is 173 Å². The van der Waals surface area contributed by atoms with Crippen LogP contribution < -0.4 is 0 Å². The molecule has 0 aliphatic heterocycles. The van der Waals surface area contributed by atoms with E-state index in [0.29, 0.717) is 19.5 Å². The van der Waals surface area contributed by atoms with Gasteiger partial charge in [-0.2, -0.15) is 0 Å². The Morgan fingerprint density at radius 3 is 1.62 bits per heavy atom. The normalized spacial score (nSPS) is 11.9. The summed E-state index contributed by atoms with van der Waals surface area (Å²) in [5.74, 6) is 0.118. The number of nitrogens with zero attached hydrogens (tertiary/aromatic N) is 1. The first-order chi connectivity index (χ1) is 14.3. The Morgan fingerprint density at radius 1 is 0.724 bits per heavy atom. The van der Waals surface area contributed by atoms with Crippen molar-refractivity contribution in [2.24, 2.45) is 0 Å². The minimum Gasteiger partial charge on any atom is -0.303 e. The van der Waals surface area contributed by atoms with Crippen LogP contribution in [0, 0.1) is 0 Å². The molecule has 1 atom stereocenters. The molecular formula is C26H27NO2. The van der Waals surface area contributed by atoms with Gasteiger partial charge in [-0.3, -0.25) is 9.69 Å². The molecule has 0 saturated carbocycles. The summed E-state index contributed by atoms with van der Waals surface area (Å²) < 4.78 is 0. The van der Waals surface area contributed by atoms with Gasteiger partial charge in [0, 0.05) is 25.9 Å². The molecule has 0 unspecified atom stereocenters. The predicted octanol–water partition coefficient (Wildman–Crippen LogP) is 4.85. The molecule has 3 nitrogen and oxygen atoms in total. The molecule has 0 aromatic heterocycles. The second-order valence-corrected chi connectivity index (χ2v) is 7.25. The van der Waals surface area contributed by atoms with E-state index in [1.165, 1.54) is 11.1 Å². The third-order valence-electron chi connectivity index (χ3n) is 5.05. The van der Waals surface area contributed by atoms with Gasteiger partial charge in [0.1, 0.15) is 6.29 Å². The highest BCUT2D eigenvalue weighted by Crippen LogP contribution is 2.19. The molecule has 29 heavy (non-hydrogen) atoms. The Morgan fingerprint density at radius 2 is 1.17 bits per heavy atom. The molecule has 0 spiro atoms. The van der Waals surface area contributed by atoms with E-state index in [1.807, 2.05) is 54.6 Å². The number of carbonyl (C=O) groups is 2. The summed E-state index contributed by atoms with van der Waals surface area (Å²) in [6.45, 7) is 1.36. The average molecular weight is 386 g/mol. The lowest BCUT2D eigenvalue weighted by Crippen LogP contribution is -2.42. The van der Waals surface area contributed by atoms with Gasteiger partial charge in [0.25, 0.3) is 0 Å². The van der Waals surface area contributed by atoms with E-state index < -0.39 is 0 Å². The van der Waals surface area contributed by atoms with Crippen LogP contribution in [0.5, 0.6) is 0 Å². The summed E-state index contributed by atoms with van der Waals surface area (Å²) in [5.41, 5.74) is 3.47. The van der Waals surface area contributed by atoms with E-state index in [1.54, 1.807) is 0 Å². The van der Waals surface area contributed by atoms with Crippen molar-refractivity contribution in [3.63, 3.8) is 0 Å². The number of carbonyl (C=O) groups excluding carboxylic acids is 2. The van der Waals surface area contributed by atoms with Gasteiger partial charge in [-0.1, -0.05) is 91.0 Å². The predicted molar refractivity (Wildman–Crippen MR) is 116 cm³/mol. The van der Waals surface area contributed by atoms with Crippen LogP contribution in [-0.2, 0) is 29.1 Å². The van der Waals surface area contributed by atoms with Crippen LogP contribution in [0.4, 0.5) is 0 Å². The number of rotatable bonds is 11. The molecule has 3 heteroatoms. The Kier molecular flexibility index (Phi) is 7.90. The van der Waals surface area contributed by atoms with Crippen molar-refractivity contribution < 1.29 is 9.59 Å². The van der Waals surface area contributed by atoms with E-state index in [9.17, 15) is 9.59 Å². The fourth-order valence-electron chi connectivity index (χ4n) is 3.56. The largest absolute Gasteiger partial charge is 0.303 e. The van der Waals surface area contributed by atoms with E-state index in [0.717, 1.165) is 11.8 Å². The molecule has 3 rings (SSSR count). The first-order valence-corrected chi connectivity index (χ1v) is 10.1. The van der Waals surface area contributed by atoms with Gasteiger partial charge in [0.15, 0.2) is 5.78 Å². The maximum absolute atomic E-state index is 13.1. The van der Waals surface area contributed by atoms with Crippen LogP contribution in [0.15, 0.2) is 91.0 Å². The van der Waals surface area contributed by atoms with Crippen LogP contribution in [0.2, 0.25) is 0 Å². The SMILES string of the molecule is O=CCCC(=O)[C@H](Cc1ccccc1)N(Cc1ccccc1)Cc1ccccc1. The zero-order chi connectivity index (χ0) is 20.3. The molecule has 0 amide bonds. The number of Topliss-reactive ketones (excluding diaryl/α,β-unsaturated/α-hetero) is 1. The lowest BCUT2D eigenvalue weighted by atomic mass is 9.97. The zero-order valence-corrected chi connectivity index (χ0v) is 16.6. The maximum atomic E-state index is 13.1. The molecule has 0 aliphatic carbocycles. The highest BCUT2D eigenvalue weighted by molar-refractivity contribution is 5.85. The minimum absolute atomic E-state index is 0.118. The van der Waals surface area contributed by atoms with Gasteiger partial charge in [-0.05, 0) is 23.1 Å². The van der Waals surface area contributed by atoms with Gasteiger partial charge < -0.3 is 4.79 Å². The second-order valence-electron chi connectivity index (χ2n) is 7.25. The fourth-order valence-corrected chi connectivity index (χ4v) is 3.56. The number of benzene rings is 3. The van der Waals surface area contributed by atoms with E-state index >= 15 is 0 Å². The molecule has 0 aliphatic rings. The van der Waals surface area contributed by atoms with Crippen molar-refractivity contribution in [1.29, 1.82) is 0 Å². The molecule has 3 aromatic carbocycles. The molecule has 0 fully saturated rings. The Hall–Kier alpha value is -3.04. The van der Waals surface area contributed by atoms with Crippen molar-refractivity contribution in [1.82, 2.24) is 4.90 Å². The summed E-state index contributed by atoms with van der Waals surface area (Å²) in [4.78, 5) is 26.2. The van der Waals surface area contributed by atoms with Crippen LogP contribution in [-0.4, -0.2) is 23.0 Å². The summed E-state index contributed by atoms with van der Waals surface area (Å²) in [6.07, 6.45) is 2.02. The smallest absolute Gasteiger partial charge is 0.150 e. The van der Waals surface area contributed by atoms with Gasteiger partial charge in [-0.25, -0.2) is 0 Å². The zero-order valence-electron chi connectivity index (χ0n) is 16.6. The number of ketones is 1. The first-order valence-electron chi connectivity index (χ1n) is 10.1. The first kappa shape index (κ1) is 20.7. The fraction of sp³-hybridized carbons (Fsp3) is 0.231. The maximum Gasteiger partial charge on any atom is 0.150 e. The molecule has 0 bridgehead atoms. The lowest BCUT2D eigenvalue weighted by Gasteiger charge is -2.31. The molecule has 148 valence electrons. The Bertz CT molecular complexity index is 837. The van der Waals surface area contributed by atoms with Gasteiger partial charge >= 0.3 is 0 Å². The summed E-state index contributed by atoms with van der Waals surface area (Å²) in [7, 11) is 0. The van der Waals surface area contributed by atoms with Crippen LogP contribution in [0.1, 0.15) is 29.5 Å². The van der Waals surface area contributed by atoms with E-state index in [2.05, 4.69) is 41.3 Å². The molecule has 3 aromatic rings. The number of hydrogen-bond donors (Lipinski definition) is 0. The third-order valence-corrected chi connectivity index (χ3v) is 5.05. The topological polar surface area (TPSA) is 37.4 Å². The third kappa shape index (κ3) is 6.51. The van der Waals surface area contributed by atoms with Gasteiger partial charge in [0.2, 0.25) is 0 Å². The highest BCUT2D eigenvalue weighted by Gasteiger charge is 2.26. The average Bonchev–Trinajstić information content (AvgIpc) is 2.77. The quantitative estimate of drug-likeness (QED) is 0.443. The van der Waals surface area contributed by atoms with Gasteiger partial charge in [0.05, 0.1) is 6.04 Å².